The molecule has 0 spiro atoms. The minimum atomic E-state index is 0. The van der Waals surface area contributed by atoms with E-state index in [-0.39, 0.29) is 55.6 Å². The average Bonchev–Trinajstić information content (AvgIpc) is 2.81. The summed E-state index contributed by atoms with van der Waals surface area (Å²) in [4.78, 5) is 12.5. The van der Waals surface area contributed by atoms with Crippen LogP contribution in [0.25, 0.3) is 0 Å². The molecule has 0 amide bonds. The Morgan fingerprint density at radius 1 is 1.24 bits per heavy atom. The predicted octanol–water partition coefficient (Wildman–Crippen LogP) is 4.28. The van der Waals surface area contributed by atoms with E-state index in [2.05, 4.69) is 6.92 Å². The van der Waals surface area contributed by atoms with Crippen LogP contribution >= 0.6 is 0 Å². The van der Waals surface area contributed by atoms with Crippen molar-refractivity contribution in [3.8, 4) is 5.75 Å². The first-order valence-corrected chi connectivity index (χ1v) is 7.95. The van der Waals surface area contributed by atoms with Crippen LogP contribution in [0.4, 0.5) is 0 Å². The molecule has 3 heteroatoms. The van der Waals surface area contributed by atoms with Gasteiger partial charge in [0.15, 0.2) is 5.78 Å². The third-order valence-electron chi connectivity index (χ3n) is 6.38. The first-order chi connectivity index (χ1) is 9.58. The summed E-state index contributed by atoms with van der Waals surface area (Å²) in [5, 5.41) is 9.64. The van der Waals surface area contributed by atoms with Gasteiger partial charge in [0.1, 0.15) is 5.75 Å². The van der Waals surface area contributed by atoms with E-state index in [0.29, 0.717) is 23.7 Å². The number of carbonyl (C=O) groups excluding carboxylic acids is 1. The summed E-state index contributed by atoms with van der Waals surface area (Å²) in [6, 6.07) is 5.42. The maximum Gasteiger partial charge on any atom is 0.163 e. The minimum absolute atomic E-state index is 0. The Labute approximate surface area is 162 Å². The maximum atomic E-state index is 12.5. The van der Waals surface area contributed by atoms with Gasteiger partial charge in [0.25, 0.3) is 0 Å². The third-order valence-corrected chi connectivity index (χ3v) is 6.38. The molecule has 1 aromatic carbocycles. The molecule has 3 unspecified atom stereocenters. The van der Waals surface area contributed by atoms with E-state index in [1.165, 1.54) is 37.7 Å². The van der Waals surface area contributed by atoms with Crippen molar-refractivity contribution in [2.24, 2.45) is 17.3 Å². The molecule has 1 aromatic rings. The molecular formula is C18H22AcO2. The molecule has 0 heterocycles. The van der Waals surface area contributed by atoms with Gasteiger partial charge in [0, 0.05) is 56.0 Å². The van der Waals surface area contributed by atoms with E-state index in [1.807, 2.05) is 6.07 Å². The fourth-order valence-electron chi connectivity index (χ4n) is 5.38. The number of ketones is 1. The average molecular weight is 497 g/mol. The Hall–Kier alpha value is 0.132. The molecule has 21 heavy (non-hydrogen) atoms. The Kier molecular flexibility index (Phi) is 4.30. The molecule has 0 saturated heterocycles. The van der Waals surface area contributed by atoms with Crippen LogP contribution in [-0.4, -0.2) is 10.9 Å². The van der Waals surface area contributed by atoms with E-state index in [9.17, 15) is 9.90 Å². The summed E-state index contributed by atoms with van der Waals surface area (Å²) >= 11 is 0. The van der Waals surface area contributed by atoms with Crippen LogP contribution in [0.2, 0.25) is 0 Å². The van der Waals surface area contributed by atoms with Crippen LogP contribution in [-0.2, 0) is 0 Å². The van der Waals surface area contributed by atoms with E-state index >= 15 is 0 Å². The van der Waals surface area contributed by atoms with Gasteiger partial charge >= 0.3 is 0 Å². The van der Waals surface area contributed by atoms with E-state index in [0.717, 1.165) is 11.5 Å². The first kappa shape index (κ1) is 16.0. The van der Waals surface area contributed by atoms with E-state index < -0.39 is 0 Å². The number of Topliss-reactive ketones (excluding diaryl/α,β-unsaturated/α-hetero) is 1. The summed E-state index contributed by atoms with van der Waals surface area (Å²) in [6.45, 7) is 2.44. The second kappa shape index (κ2) is 5.64. The smallest absolute Gasteiger partial charge is 0.163 e. The van der Waals surface area contributed by atoms with Crippen molar-refractivity contribution in [3.63, 3.8) is 0 Å². The van der Waals surface area contributed by atoms with Crippen LogP contribution in [0, 0.1) is 61.3 Å². The van der Waals surface area contributed by atoms with Crippen LogP contribution in [0.3, 0.4) is 0 Å². The Bertz CT molecular complexity index is 583. The molecule has 2 fully saturated rings. The zero-order valence-electron chi connectivity index (χ0n) is 12.6. The molecular weight excluding hydrogens is 475 g/mol. The largest absolute Gasteiger partial charge is 0.508 e. The molecule has 3 aliphatic rings. The second-order valence-corrected chi connectivity index (χ2v) is 7.36. The Morgan fingerprint density at radius 3 is 2.86 bits per heavy atom. The van der Waals surface area contributed by atoms with Gasteiger partial charge in [-0.3, -0.25) is 4.79 Å². The van der Waals surface area contributed by atoms with Crippen LogP contribution in [0.5, 0.6) is 5.75 Å². The molecule has 0 aliphatic heterocycles. The van der Waals surface area contributed by atoms with Crippen molar-refractivity contribution in [2.45, 2.75) is 51.4 Å². The maximum absolute atomic E-state index is 12.5. The van der Waals surface area contributed by atoms with Gasteiger partial charge in [-0.05, 0) is 66.5 Å². The molecule has 2 nitrogen and oxygen atoms in total. The van der Waals surface area contributed by atoms with Crippen molar-refractivity contribution >= 4 is 5.78 Å². The number of carbonyl (C=O) groups is 1. The standard InChI is InChI=1S/C18H22O2.Ac/c1-18-7-2-3-16(18)14-10-17(20)15-9-11(19)4-5-12(15)13(14)6-8-18;/h4-5,9,13-14,16,19H,2-3,6-8,10H2,1H3;/t13?,14?,16?,18-;/m0./s1. The zero-order chi connectivity index (χ0) is 13.9. The number of hydrogen-bond donors (Lipinski definition) is 1. The molecule has 109 valence electrons. The van der Waals surface area contributed by atoms with Gasteiger partial charge in [0.2, 0.25) is 0 Å². The van der Waals surface area contributed by atoms with Gasteiger partial charge < -0.3 is 5.11 Å². The van der Waals surface area contributed by atoms with Crippen molar-refractivity contribution in [1.29, 1.82) is 0 Å². The number of rotatable bonds is 0. The van der Waals surface area contributed by atoms with Gasteiger partial charge in [-0.25, -0.2) is 0 Å². The van der Waals surface area contributed by atoms with E-state index in [1.54, 1.807) is 12.1 Å². The van der Waals surface area contributed by atoms with Gasteiger partial charge in [0.05, 0.1) is 0 Å². The number of phenols is 1. The SMILES string of the molecule is C[C@@]12CCCC1C1CC(=O)c3cc(O)ccc3C1CC2.[Ac]. The Morgan fingerprint density at radius 2 is 2.05 bits per heavy atom. The summed E-state index contributed by atoms with van der Waals surface area (Å²) in [5.41, 5.74) is 2.47. The minimum Gasteiger partial charge on any atom is -0.508 e. The molecule has 2 saturated carbocycles. The topological polar surface area (TPSA) is 37.3 Å². The van der Waals surface area contributed by atoms with Gasteiger partial charge in [-0.15, -0.1) is 0 Å². The summed E-state index contributed by atoms with van der Waals surface area (Å²) in [5.74, 6) is 2.28. The van der Waals surface area contributed by atoms with Crippen molar-refractivity contribution in [2.75, 3.05) is 0 Å². The number of hydrogen-bond acceptors (Lipinski definition) is 2. The van der Waals surface area contributed by atoms with Crippen molar-refractivity contribution < 1.29 is 54.0 Å². The normalized spacial score (nSPS) is 37.2. The van der Waals surface area contributed by atoms with Crippen LogP contribution in [0.15, 0.2) is 18.2 Å². The first-order valence-electron chi connectivity index (χ1n) is 7.95. The molecule has 1 radical (unpaired) electrons. The second-order valence-electron chi connectivity index (χ2n) is 7.36. The Balaban J connectivity index is 0.00000132. The number of fused-ring (bicyclic) bond motifs is 5. The molecule has 1 N–H and O–H groups in total. The van der Waals surface area contributed by atoms with Crippen LogP contribution in [0.1, 0.15) is 67.3 Å². The molecule has 0 aromatic heterocycles. The van der Waals surface area contributed by atoms with E-state index in [4.69, 9.17) is 0 Å². The fourth-order valence-corrected chi connectivity index (χ4v) is 5.38. The molecule has 3 aliphatic carbocycles. The molecule has 4 rings (SSSR count). The summed E-state index contributed by atoms with van der Waals surface area (Å²) < 4.78 is 0. The summed E-state index contributed by atoms with van der Waals surface area (Å²) in [7, 11) is 0. The van der Waals surface area contributed by atoms with Crippen molar-refractivity contribution in [1.82, 2.24) is 0 Å². The number of benzene rings is 1. The molecule has 0 bridgehead atoms. The van der Waals surface area contributed by atoms with Gasteiger partial charge in [-0.2, -0.15) is 0 Å². The van der Waals surface area contributed by atoms with Crippen LogP contribution < -0.4 is 0 Å². The van der Waals surface area contributed by atoms with Crippen molar-refractivity contribution in [3.05, 3.63) is 29.3 Å². The fraction of sp³-hybridized carbons (Fsp3) is 0.611. The summed E-state index contributed by atoms with van der Waals surface area (Å²) in [6.07, 6.45) is 7.19. The predicted molar refractivity (Wildman–Crippen MR) is 78.0 cm³/mol. The molecule has 4 atom stereocenters. The monoisotopic (exact) mass is 497 g/mol. The number of aromatic hydroxyl groups is 1. The third kappa shape index (κ3) is 2.44. The zero-order valence-corrected chi connectivity index (χ0v) is 17.4. The quantitative estimate of drug-likeness (QED) is 0.582. The number of phenolic OH excluding ortho intramolecular Hbond substituents is 1. The van der Waals surface area contributed by atoms with Gasteiger partial charge in [-0.1, -0.05) is 19.4 Å².